The van der Waals surface area contributed by atoms with Crippen molar-refractivity contribution in [2.75, 3.05) is 7.05 Å². The first-order valence-electron chi connectivity index (χ1n) is 5.67. The summed E-state index contributed by atoms with van der Waals surface area (Å²) in [5.74, 6) is 0.187. The highest BCUT2D eigenvalue weighted by Crippen LogP contribution is 2.29. The smallest absolute Gasteiger partial charge is 0.222 e. The Hall–Kier alpha value is -1.35. The monoisotopic (exact) mass is 218 g/mol. The van der Waals surface area contributed by atoms with Gasteiger partial charge in [-0.1, -0.05) is 29.8 Å². The quantitative estimate of drug-likeness (QED) is 0.778. The number of nitrogens with zero attached hydrogens (tertiary/aromatic N) is 1. The first-order chi connectivity index (χ1) is 7.59. The fourth-order valence-corrected chi connectivity index (χ4v) is 2.30. The third-order valence-electron chi connectivity index (χ3n) is 3.33. The number of amides is 1. The number of nitrogens with two attached hydrogens (primary N) is 1. The maximum atomic E-state index is 11.7. The van der Waals surface area contributed by atoms with Crippen molar-refractivity contribution in [3.8, 4) is 0 Å². The number of benzene rings is 1. The van der Waals surface area contributed by atoms with Crippen LogP contribution in [0, 0.1) is 6.92 Å². The third kappa shape index (κ3) is 1.95. The van der Waals surface area contributed by atoms with E-state index in [9.17, 15) is 4.79 Å². The van der Waals surface area contributed by atoms with Crippen LogP contribution in [-0.4, -0.2) is 23.9 Å². The van der Waals surface area contributed by atoms with Gasteiger partial charge >= 0.3 is 0 Å². The van der Waals surface area contributed by atoms with Gasteiger partial charge in [0.25, 0.3) is 0 Å². The first-order valence-corrected chi connectivity index (χ1v) is 5.67. The summed E-state index contributed by atoms with van der Waals surface area (Å²) >= 11 is 0. The van der Waals surface area contributed by atoms with Gasteiger partial charge in [-0.25, -0.2) is 0 Å². The minimum Gasteiger partial charge on any atom is -0.337 e. The van der Waals surface area contributed by atoms with E-state index >= 15 is 0 Å². The molecule has 1 aromatic carbocycles. The molecule has 0 aromatic heterocycles. The van der Waals surface area contributed by atoms with Gasteiger partial charge in [-0.3, -0.25) is 4.79 Å². The average Bonchev–Trinajstić information content (AvgIpc) is 2.27. The normalized spacial score (nSPS) is 25.9. The number of carbonyl (C=O) groups is 1. The van der Waals surface area contributed by atoms with Crippen molar-refractivity contribution >= 4 is 5.91 Å². The summed E-state index contributed by atoms with van der Waals surface area (Å²) in [6.07, 6.45) is 1.35. The molecule has 3 heteroatoms. The lowest BCUT2D eigenvalue weighted by molar-refractivity contribution is -0.135. The molecular weight excluding hydrogens is 200 g/mol. The van der Waals surface area contributed by atoms with E-state index in [1.165, 1.54) is 5.56 Å². The average molecular weight is 218 g/mol. The molecule has 1 fully saturated rings. The Morgan fingerprint density at radius 3 is 2.56 bits per heavy atom. The van der Waals surface area contributed by atoms with E-state index in [0.29, 0.717) is 6.42 Å². The van der Waals surface area contributed by atoms with Gasteiger partial charge < -0.3 is 10.6 Å². The second-order valence-electron chi connectivity index (χ2n) is 4.56. The molecular formula is C13H18N2O. The van der Waals surface area contributed by atoms with Crippen LogP contribution in [-0.2, 0) is 4.79 Å². The minimum absolute atomic E-state index is 0.0295. The zero-order chi connectivity index (χ0) is 11.7. The summed E-state index contributed by atoms with van der Waals surface area (Å²) in [6, 6.07) is 8.33. The Bertz CT molecular complexity index is 385. The molecule has 1 heterocycles. The van der Waals surface area contributed by atoms with Crippen molar-refractivity contribution < 1.29 is 4.79 Å². The standard InChI is InChI=1S/C13H18N2O/c1-9-3-5-10(6-4-9)13-11(14)7-8-12(16)15(13)2/h3-6,11,13H,7-8,14H2,1-2H3. The second-order valence-corrected chi connectivity index (χ2v) is 4.56. The molecule has 1 aliphatic heterocycles. The van der Waals surface area contributed by atoms with Crippen LogP contribution < -0.4 is 5.73 Å². The number of likely N-dealkylation sites (tertiary alicyclic amines) is 1. The molecule has 2 N–H and O–H groups in total. The summed E-state index contributed by atoms with van der Waals surface area (Å²) < 4.78 is 0. The Morgan fingerprint density at radius 1 is 1.31 bits per heavy atom. The minimum atomic E-state index is 0.0295. The Labute approximate surface area is 96.2 Å². The van der Waals surface area contributed by atoms with Gasteiger partial charge in [0, 0.05) is 19.5 Å². The van der Waals surface area contributed by atoms with Gasteiger partial charge in [-0.15, -0.1) is 0 Å². The number of piperidine rings is 1. The summed E-state index contributed by atoms with van der Waals surface area (Å²) in [5.41, 5.74) is 8.46. The molecule has 1 amide bonds. The Balaban J connectivity index is 2.29. The van der Waals surface area contributed by atoms with E-state index in [1.807, 2.05) is 7.05 Å². The number of hydrogen-bond acceptors (Lipinski definition) is 2. The Morgan fingerprint density at radius 2 is 1.94 bits per heavy atom. The van der Waals surface area contributed by atoms with Crippen molar-refractivity contribution in [1.29, 1.82) is 0 Å². The number of carbonyl (C=O) groups excluding carboxylic acids is 1. The summed E-state index contributed by atoms with van der Waals surface area (Å²) in [7, 11) is 1.84. The van der Waals surface area contributed by atoms with Gasteiger partial charge in [-0.2, -0.15) is 0 Å². The first kappa shape index (κ1) is 11.1. The summed E-state index contributed by atoms with van der Waals surface area (Å²) in [6.45, 7) is 2.06. The lowest BCUT2D eigenvalue weighted by Gasteiger charge is -2.37. The molecule has 3 nitrogen and oxygen atoms in total. The highest BCUT2D eigenvalue weighted by atomic mass is 16.2. The van der Waals surface area contributed by atoms with Crippen molar-refractivity contribution in [1.82, 2.24) is 4.90 Å². The molecule has 0 bridgehead atoms. The van der Waals surface area contributed by atoms with Gasteiger partial charge in [0.2, 0.25) is 5.91 Å². The molecule has 86 valence electrons. The predicted octanol–water partition coefficient (Wildman–Crippen LogP) is 1.62. The molecule has 0 radical (unpaired) electrons. The molecule has 2 rings (SSSR count). The van der Waals surface area contributed by atoms with Crippen molar-refractivity contribution in [3.05, 3.63) is 35.4 Å². The van der Waals surface area contributed by atoms with Crippen LogP contribution in [0.15, 0.2) is 24.3 Å². The van der Waals surface area contributed by atoms with Crippen LogP contribution in [0.3, 0.4) is 0 Å². The van der Waals surface area contributed by atoms with Crippen molar-refractivity contribution in [3.63, 3.8) is 0 Å². The summed E-state index contributed by atoms with van der Waals surface area (Å²) in [5, 5.41) is 0. The zero-order valence-electron chi connectivity index (χ0n) is 9.81. The molecule has 2 atom stereocenters. The van der Waals surface area contributed by atoms with Crippen LogP contribution in [0.2, 0.25) is 0 Å². The maximum Gasteiger partial charge on any atom is 0.222 e. The highest BCUT2D eigenvalue weighted by molar-refractivity contribution is 5.77. The molecule has 1 saturated heterocycles. The Kier molecular flexibility index (Phi) is 2.97. The predicted molar refractivity (Wildman–Crippen MR) is 63.9 cm³/mol. The van der Waals surface area contributed by atoms with E-state index in [-0.39, 0.29) is 18.0 Å². The molecule has 16 heavy (non-hydrogen) atoms. The molecule has 0 spiro atoms. The van der Waals surface area contributed by atoms with Crippen LogP contribution in [0.4, 0.5) is 0 Å². The van der Waals surface area contributed by atoms with Crippen LogP contribution in [0.25, 0.3) is 0 Å². The van der Waals surface area contributed by atoms with Crippen LogP contribution in [0.5, 0.6) is 0 Å². The van der Waals surface area contributed by atoms with Crippen LogP contribution >= 0.6 is 0 Å². The topological polar surface area (TPSA) is 46.3 Å². The molecule has 0 aliphatic carbocycles. The van der Waals surface area contributed by atoms with Crippen molar-refractivity contribution in [2.24, 2.45) is 5.73 Å². The fraction of sp³-hybridized carbons (Fsp3) is 0.462. The number of likely N-dealkylation sites (N-methyl/N-ethyl adjacent to an activating group) is 1. The maximum absolute atomic E-state index is 11.7. The van der Waals surface area contributed by atoms with Gasteiger partial charge in [0.15, 0.2) is 0 Å². The van der Waals surface area contributed by atoms with Crippen LogP contribution in [0.1, 0.15) is 30.0 Å². The fourth-order valence-electron chi connectivity index (χ4n) is 2.30. The number of hydrogen-bond donors (Lipinski definition) is 1. The highest BCUT2D eigenvalue weighted by Gasteiger charge is 2.32. The van der Waals surface area contributed by atoms with Gasteiger partial charge in [0.1, 0.15) is 0 Å². The second kappa shape index (κ2) is 4.26. The van der Waals surface area contributed by atoms with Gasteiger partial charge in [-0.05, 0) is 18.9 Å². The van der Waals surface area contributed by atoms with Crippen molar-refractivity contribution in [2.45, 2.75) is 31.8 Å². The largest absolute Gasteiger partial charge is 0.337 e. The third-order valence-corrected chi connectivity index (χ3v) is 3.33. The van der Waals surface area contributed by atoms with E-state index in [4.69, 9.17) is 5.73 Å². The molecule has 2 unspecified atom stereocenters. The van der Waals surface area contributed by atoms with E-state index in [2.05, 4.69) is 31.2 Å². The number of aryl methyl sites for hydroxylation is 1. The lowest BCUT2D eigenvalue weighted by Crippen LogP contribution is -2.46. The molecule has 1 aromatic rings. The van der Waals surface area contributed by atoms with E-state index < -0.39 is 0 Å². The zero-order valence-corrected chi connectivity index (χ0v) is 9.81. The lowest BCUT2D eigenvalue weighted by atomic mass is 9.91. The molecule has 1 aliphatic rings. The number of rotatable bonds is 1. The summed E-state index contributed by atoms with van der Waals surface area (Å²) in [4.78, 5) is 13.4. The van der Waals surface area contributed by atoms with E-state index in [1.54, 1.807) is 4.90 Å². The SMILES string of the molecule is Cc1ccc(C2C(N)CCC(=O)N2C)cc1. The van der Waals surface area contributed by atoms with E-state index in [0.717, 1.165) is 12.0 Å². The molecule has 0 saturated carbocycles. The van der Waals surface area contributed by atoms with Gasteiger partial charge in [0.05, 0.1) is 6.04 Å².